The van der Waals surface area contributed by atoms with Gasteiger partial charge in [0.05, 0.1) is 9.82 Å². The molecular weight excluding hydrogens is 334 g/mol. The first-order valence-electron chi connectivity index (χ1n) is 5.80. The third-order valence-corrected chi connectivity index (χ3v) is 4.14. The molecule has 2 aromatic rings. The van der Waals surface area contributed by atoms with E-state index in [1.807, 2.05) is 11.8 Å². The lowest BCUT2D eigenvalue weighted by atomic mass is 10.2. The van der Waals surface area contributed by atoms with Crippen molar-refractivity contribution in [1.29, 1.82) is 0 Å². The van der Waals surface area contributed by atoms with E-state index in [4.69, 9.17) is 11.6 Å². The van der Waals surface area contributed by atoms with E-state index in [1.54, 1.807) is 12.1 Å². The summed E-state index contributed by atoms with van der Waals surface area (Å²) in [6.07, 6.45) is 0.970. The second-order valence-corrected chi connectivity index (χ2v) is 6.20. The summed E-state index contributed by atoms with van der Waals surface area (Å²) in [7, 11) is -3.92. The van der Waals surface area contributed by atoms with E-state index in [1.165, 1.54) is 12.1 Å². The predicted octanol–water partition coefficient (Wildman–Crippen LogP) is 1.65. The second kappa shape index (κ2) is 6.22. The van der Waals surface area contributed by atoms with E-state index in [0.717, 1.165) is 11.9 Å². The second-order valence-electron chi connectivity index (χ2n) is 4.16. The maximum atomic E-state index is 12.1. The summed E-state index contributed by atoms with van der Waals surface area (Å²) >= 11 is 5.60. The summed E-state index contributed by atoms with van der Waals surface area (Å²) in [4.78, 5) is 19.1. The number of rotatable bonds is 5. The molecule has 0 saturated carbocycles. The number of halogens is 1. The molecule has 0 aliphatic carbocycles. The van der Waals surface area contributed by atoms with Crippen molar-refractivity contribution in [3.05, 3.63) is 51.4 Å². The average molecular weight is 344 g/mol. The molecule has 116 valence electrons. The normalized spacial score (nSPS) is 11.2. The van der Waals surface area contributed by atoms with Gasteiger partial charge in [0.1, 0.15) is 6.33 Å². The number of nitrogens with zero attached hydrogens (tertiary/aromatic N) is 3. The van der Waals surface area contributed by atoms with Crippen LogP contribution in [0.5, 0.6) is 0 Å². The van der Waals surface area contributed by atoms with Gasteiger partial charge in [-0.3, -0.25) is 15.5 Å². The van der Waals surface area contributed by atoms with Crippen molar-refractivity contribution >= 4 is 33.1 Å². The molecule has 0 atom stereocenters. The quantitative estimate of drug-likeness (QED) is 0.480. The van der Waals surface area contributed by atoms with Crippen LogP contribution in [0.4, 0.5) is 11.5 Å². The SMILES string of the molecule is Cc1ccc(S(=O)(=O)NNc2ncnc(Cl)c2[N+](=O)[O-])cc1. The van der Waals surface area contributed by atoms with Gasteiger partial charge in [-0.15, -0.1) is 4.83 Å². The van der Waals surface area contributed by atoms with Crippen molar-refractivity contribution in [1.82, 2.24) is 14.8 Å². The van der Waals surface area contributed by atoms with Gasteiger partial charge in [0, 0.05) is 0 Å². The Morgan fingerprint density at radius 1 is 1.23 bits per heavy atom. The smallest absolute Gasteiger partial charge is 0.286 e. The minimum absolute atomic E-state index is 0.00611. The van der Waals surface area contributed by atoms with Crippen molar-refractivity contribution in [2.24, 2.45) is 0 Å². The number of nitrogens with one attached hydrogen (secondary N) is 2. The van der Waals surface area contributed by atoms with Gasteiger partial charge >= 0.3 is 5.69 Å². The number of hydrazine groups is 1. The van der Waals surface area contributed by atoms with Gasteiger partial charge in [-0.1, -0.05) is 29.3 Å². The van der Waals surface area contributed by atoms with Crippen molar-refractivity contribution in [2.75, 3.05) is 5.43 Å². The Hall–Kier alpha value is -2.30. The summed E-state index contributed by atoms with van der Waals surface area (Å²) in [5.74, 6) is -0.360. The van der Waals surface area contributed by atoms with Crippen LogP contribution in [0, 0.1) is 17.0 Å². The van der Waals surface area contributed by atoms with Gasteiger partial charge in [0.15, 0.2) is 0 Å². The molecule has 0 bridgehead atoms. The molecule has 0 aliphatic rings. The molecule has 0 saturated heterocycles. The van der Waals surface area contributed by atoms with Crippen LogP contribution in [0.15, 0.2) is 35.5 Å². The number of hydrogen-bond acceptors (Lipinski definition) is 7. The fourth-order valence-electron chi connectivity index (χ4n) is 1.50. The van der Waals surface area contributed by atoms with Gasteiger partial charge in [-0.25, -0.2) is 18.4 Å². The zero-order chi connectivity index (χ0) is 16.3. The topological polar surface area (TPSA) is 127 Å². The van der Waals surface area contributed by atoms with Crippen LogP contribution in [0.25, 0.3) is 0 Å². The Bertz CT molecular complexity index is 810. The summed E-state index contributed by atoms with van der Waals surface area (Å²) < 4.78 is 24.1. The lowest BCUT2D eigenvalue weighted by Crippen LogP contribution is -2.30. The van der Waals surface area contributed by atoms with Gasteiger partial charge in [-0.05, 0) is 19.1 Å². The molecule has 11 heteroatoms. The highest BCUT2D eigenvalue weighted by molar-refractivity contribution is 7.89. The number of aromatic nitrogens is 2. The molecule has 1 heterocycles. The van der Waals surface area contributed by atoms with E-state index in [-0.39, 0.29) is 10.7 Å². The van der Waals surface area contributed by atoms with Crippen molar-refractivity contribution in [3.63, 3.8) is 0 Å². The number of aryl methyl sites for hydroxylation is 1. The van der Waals surface area contributed by atoms with Gasteiger partial charge in [0.25, 0.3) is 10.0 Å². The van der Waals surface area contributed by atoms with Gasteiger partial charge in [0.2, 0.25) is 11.0 Å². The summed E-state index contributed by atoms with van der Waals surface area (Å²) in [5, 5.41) is 10.5. The molecule has 9 nitrogen and oxygen atoms in total. The zero-order valence-electron chi connectivity index (χ0n) is 11.1. The van der Waals surface area contributed by atoms with Crippen molar-refractivity contribution < 1.29 is 13.3 Å². The number of hydrogen-bond donors (Lipinski definition) is 2. The highest BCUT2D eigenvalue weighted by Crippen LogP contribution is 2.27. The lowest BCUT2D eigenvalue weighted by Gasteiger charge is -2.09. The van der Waals surface area contributed by atoms with Crippen molar-refractivity contribution in [3.8, 4) is 0 Å². The predicted molar refractivity (Wildman–Crippen MR) is 78.8 cm³/mol. The molecule has 2 N–H and O–H groups in total. The third-order valence-electron chi connectivity index (χ3n) is 2.60. The maximum absolute atomic E-state index is 12.1. The summed E-state index contributed by atoms with van der Waals surface area (Å²) in [6, 6.07) is 6.05. The van der Waals surface area contributed by atoms with E-state index in [0.29, 0.717) is 0 Å². The van der Waals surface area contributed by atoms with Crippen LogP contribution in [0.2, 0.25) is 5.15 Å². The van der Waals surface area contributed by atoms with Crippen LogP contribution in [0.3, 0.4) is 0 Å². The Kier molecular flexibility index (Phi) is 4.54. The molecule has 1 aromatic carbocycles. The molecule has 0 amide bonds. The fourth-order valence-corrected chi connectivity index (χ4v) is 2.55. The van der Waals surface area contributed by atoms with Gasteiger partial charge < -0.3 is 0 Å². The van der Waals surface area contributed by atoms with E-state index < -0.39 is 25.8 Å². The van der Waals surface area contributed by atoms with Crippen LogP contribution in [-0.4, -0.2) is 23.3 Å². The summed E-state index contributed by atoms with van der Waals surface area (Å²) in [5.41, 5.74) is 2.44. The number of anilines is 1. The minimum atomic E-state index is -3.92. The summed E-state index contributed by atoms with van der Waals surface area (Å²) in [6.45, 7) is 1.81. The Morgan fingerprint density at radius 3 is 2.45 bits per heavy atom. The molecule has 0 spiro atoms. The Balaban J connectivity index is 2.25. The molecule has 0 unspecified atom stereocenters. The Labute approximate surface area is 130 Å². The van der Waals surface area contributed by atoms with E-state index in [2.05, 4.69) is 15.4 Å². The molecule has 2 rings (SSSR count). The minimum Gasteiger partial charge on any atom is -0.286 e. The highest BCUT2D eigenvalue weighted by Gasteiger charge is 2.23. The van der Waals surface area contributed by atoms with E-state index in [9.17, 15) is 18.5 Å². The molecule has 0 fully saturated rings. The molecule has 0 aliphatic heterocycles. The van der Waals surface area contributed by atoms with Crippen LogP contribution in [-0.2, 0) is 10.0 Å². The monoisotopic (exact) mass is 343 g/mol. The van der Waals surface area contributed by atoms with Crippen LogP contribution in [0.1, 0.15) is 5.56 Å². The van der Waals surface area contributed by atoms with E-state index >= 15 is 0 Å². The maximum Gasteiger partial charge on any atom is 0.349 e. The fraction of sp³-hybridized carbons (Fsp3) is 0.0909. The largest absolute Gasteiger partial charge is 0.349 e. The molecule has 22 heavy (non-hydrogen) atoms. The number of sulfonamides is 1. The standard InChI is InChI=1S/C11H10ClN5O4S/c1-7-2-4-8(5-3-7)22(20,21)16-15-11-9(17(18)19)10(12)13-6-14-11/h2-6,16H,1H3,(H,13,14,15). The van der Waals surface area contributed by atoms with Gasteiger partial charge in [-0.2, -0.15) is 0 Å². The van der Waals surface area contributed by atoms with Crippen LogP contribution < -0.4 is 10.3 Å². The lowest BCUT2D eigenvalue weighted by molar-refractivity contribution is -0.384. The van der Waals surface area contributed by atoms with Crippen molar-refractivity contribution in [2.45, 2.75) is 11.8 Å². The zero-order valence-corrected chi connectivity index (χ0v) is 12.7. The molecule has 1 aromatic heterocycles. The average Bonchev–Trinajstić information content (AvgIpc) is 2.45. The molecule has 0 radical (unpaired) electrons. The molecular formula is C11H10ClN5O4S. The third kappa shape index (κ3) is 3.47. The van der Waals surface area contributed by atoms with Crippen LogP contribution >= 0.6 is 11.6 Å². The number of benzene rings is 1. The number of nitro groups is 1. The Morgan fingerprint density at radius 2 is 1.86 bits per heavy atom. The first kappa shape index (κ1) is 16.1. The highest BCUT2D eigenvalue weighted by atomic mass is 35.5. The first-order chi connectivity index (χ1) is 10.3. The first-order valence-corrected chi connectivity index (χ1v) is 7.67.